The summed E-state index contributed by atoms with van der Waals surface area (Å²) in [5, 5.41) is 7.14. The normalized spacial score (nSPS) is 19.5. The van der Waals surface area contributed by atoms with Crippen LogP contribution in [-0.4, -0.2) is 27.5 Å². The second kappa shape index (κ2) is 7.05. The molecular formula is C18H25N3O2S. The molecule has 2 aromatic rings. The molecule has 0 unspecified atom stereocenters. The number of nitrogens with zero attached hydrogens (tertiary/aromatic N) is 3. The van der Waals surface area contributed by atoms with Gasteiger partial charge >= 0.3 is 0 Å². The Morgan fingerprint density at radius 2 is 2.21 bits per heavy atom. The van der Waals surface area contributed by atoms with Crippen molar-refractivity contribution >= 4 is 17.2 Å². The van der Waals surface area contributed by atoms with Crippen LogP contribution in [0.1, 0.15) is 59.9 Å². The summed E-state index contributed by atoms with van der Waals surface area (Å²) < 4.78 is 5.23. The van der Waals surface area contributed by atoms with Gasteiger partial charge in [-0.25, -0.2) is 4.98 Å². The number of thiazole rings is 1. The maximum absolute atomic E-state index is 13.1. The molecule has 130 valence electrons. The molecule has 1 saturated heterocycles. The number of rotatable bonds is 4. The first-order valence-electron chi connectivity index (χ1n) is 8.61. The van der Waals surface area contributed by atoms with E-state index in [2.05, 4.69) is 15.5 Å². The first-order valence-corrected chi connectivity index (χ1v) is 9.49. The van der Waals surface area contributed by atoms with E-state index in [1.165, 1.54) is 0 Å². The van der Waals surface area contributed by atoms with E-state index < -0.39 is 0 Å². The fourth-order valence-corrected chi connectivity index (χ4v) is 4.39. The quantitative estimate of drug-likeness (QED) is 0.839. The van der Waals surface area contributed by atoms with Gasteiger partial charge in [0.2, 0.25) is 5.91 Å². The number of amides is 1. The molecule has 1 aliphatic rings. The van der Waals surface area contributed by atoms with Crippen molar-refractivity contribution in [1.82, 2.24) is 15.0 Å². The van der Waals surface area contributed by atoms with Crippen molar-refractivity contribution < 1.29 is 9.32 Å². The Kier molecular flexibility index (Phi) is 5.04. The number of hydrogen-bond donors (Lipinski definition) is 0. The predicted molar refractivity (Wildman–Crippen MR) is 94.0 cm³/mol. The lowest BCUT2D eigenvalue weighted by molar-refractivity contribution is -0.139. The molecule has 3 heterocycles. The first-order chi connectivity index (χ1) is 11.5. The summed E-state index contributed by atoms with van der Waals surface area (Å²) >= 11 is 1.67. The van der Waals surface area contributed by atoms with E-state index >= 15 is 0 Å². The van der Waals surface area contributed by atoms with E-state index in [0.717, 1.165) is 53.5 Å². The lowest BCUT2D eigenvalue weighted by atomic mass is 9.95. The summed E-state index contributed by atoms with van der Waals surface area (Å²) in [7, 11) is 0. The number of aromatic nitrogens is 2. The van der Waals surface area contributed by atoms with E-state index in [9.17, 15) is 4.79 Å². The van der Waals surface area contributed by atoms with Crippen LogP contribution in [-0.2, 0) is 11.2 Å². The van der Waals surface area contributed by atoms with Gasteiger partial charge in [-0.1, -0.05) is 12.1 Å². The summed E-state index contributed by atoms with van der Waals surface area (Å²) in [6, 6.07) is 0.136. The average molecular weight is 347 g/mol. The second-order valence-corrected chi connectivity index (χ2v) is 7.67. The van der Waals surface area contributed by atoms with Gasteiger partial charge in [0, 0.05) is 29.1 Å². The van der Waals surface area contributed by atoms with Gasteiger partial charge < -0.3 is 9.42 Å². The maximum atomic E-state index is 13.1. The van der Waals surface area contributed by atoms with Crippen molar-refractivity contribution in [1.29, 1.82) is 0 Å². The standard InChI is InChI=1S/C18H25N3O2S/c1-11(9-15-13(3)20-23-14(15)4)18(22)21-8-6-5-7-16(21)17-19-12(2)10-24-17/h10-11,16H,5-9H2,1-4H3/t11-,16-/m0/s1. The Bertz CT molecular complexity index is 702. The molecule has 0 bridgehead atoms. The van der Waals surface area contributed by atoms with E-state index in [0.29, 0.717) is 6.42 Å². The first kappa shape index (κ1) is 17.1. The molecule has 0 radical (unpaired) electrons. The molecule has 2 atom stereocenters. The highest BCUT2D eigenvalue weighted by Crippen LogP contribution is 2.34. The Hall–Kier alpha value is -1.69. The van der Waals surface area contributed by atoms with Crippen LogP contribution in [0.4, 0.5) is 0 Å². The summed E-state index contributed by atoms with van der Waals surface area (Å²) in [6.07, 6.45) is 3.92. The molecule has 6 heteroatoms. The Balaban J connectivity index is 1.76. The van der Waals surface area contributed by atoms with Crippen molar-refractivity contribution in [2.24, 2.45) is 5.92 Å². The average Bonchev–Trinajstić information content (AvgIpc) is 3.14. The van der Waals surface area contributed by atoms with Gasteiger partial charge in [-0.3, -0.25) is 4.79 Å². The second-order valence-electron chi connectivity index (χ2n) is 6.78. The highest BCUT2D eigenvalue weighted by atomic mass is 32.1. The van der Waals surface area contributed by atoms with Crippen LogP contribution >= 0.6 is 11.3 Å². The smallest absolute Gasteiger partial charge is 0.226 e. The summed E-state index contributed by atoms with van der Waals surface area (Å²) in [5.74, 6) is 0.953. The van der Waals surface area contributed by atoms with Crippen molar-refractivity contribution in [3.8, 4) is 0 Å². The zero-order valence-corrected chi connectivity index (χ0v) is 15.7. The van der Waals surface area contributed by atoms with Gasteiger partial charge in [0.25, 0.3) is 0 Å². The molecule has 0 saturated carbocycles. The number of likely N-dealkylation sites (tertiary alicyclic amines) is 1. The van der Waals surface area contributed by atoms with E-state index in [1.54, 1.807) is 11.3 Å². The molecule has 1 amide bonds. The van der Waals surface area contributed by atoms with E-state index in [-0.39, 0.29) is 17.9 Å². The zero-order chi connectivity index (χ0) is 17.3. The van der Waals surface area contributed by atoms with Crippen LogP contribution < -0.4 is 0 Å². The fraction of sp³-hybridized carbons (Fsp3) is 0.611. The van der Waals surface area contributed by atoms with Gasteiger partial charge in [-0.15, -0.1) is 11.3 Å². The number of carbonyl (C=O) groups excluding carboxylic acids is 1. The molecule has 3 rings (SSSR count). The summed E-state index contributed by atoms with van der Waals surface area (Å²) in [6.45, 7) is 8.69. The topological polar surface area (TPSA) is 59.2 Å². The minimum atomic E-state index is -0.0801. The minimum Gasteiger partial charge on any atom is -0.361 e. The fourth-order valence-electron chi connectivity index (χ4n) is 3.45. The van der Waals surface area contributed by atoms with E-state index in [1.807, 2.05) is 32.6 Å². The summed E-state index contributed by atoms with van der Waals surface area (Å²) in [5.41, 5.74) is 2.99. The molecule has 0 spiro atoms. The zero-order valence-electron chi connectivity index (χ0n) is 14.8. The third-order valence-electron chi connectivity index (χ3n) is 4.82. The van der Waals surface area contributed by atoms with Crippen LogP contribution in [0, 0.1) is 26.7 Å². The molecule has 2 aromatic heterocycles. The third kappa shape index (κ3) is 3.38. The summed E-state index contributed by atoms with van der Waals surface area (Å²) in [4.78, 5) is 19.8. The third-order valence-corrected chi connectivity index (χ3v) is 5.88. The predicted octanol–water partition coefficient (Wildman–Crippen LogP) is 3.99. The SMILES string of the molecule is Cc1csc([C@@H]2CCCCN2C(=O)[C@@H](C)Cc2c(C)noc2C)n1. The molecule has 24 heavy (non-hydrogen) atoms. The van der Waals surface area contributed by atoms with Crippen LogP contribution in [0.15, 0.2) is 9.90 Å². The number of carbonyl (C=O) groups is 1. The largest absolute Gasteiger partial charge is 0.361 e. The highest BCUT2D eigenvalue weighted by Gasteiger charge is 2.32. The van der Waals surface area contributed by atoms with Crippen molar-refractivity contribution in [2.75, 3.05) is 6.54 Å². The lowest BCUT2D eigenvalue weighted by Gasteiger charge is -2.36. The van der Waals surface area contributed by atoms with Gasteiger partial charge in [0.1, 0.15) is 10.8 Å². The van der Waals surface area contributed by atoms with Crippen LogP contribution in [0.2, 0.25) is 0 Å². The Morgan fingerprint density at radius 3 is 2.83 bits per heavy atom. The lowest BCUT2D eigenvalue weighted by Crippen LogP contribution is -2.41. The molecule has 0 N–H and O–H groups in total. The monoisotopic (exact) mass is 347 g/mol. The number of piperidine rings is 1. The minimum absolute atomic E-state index is 0.0801. The van der Waals surface area contributed by atoms with Crippen LogP contribution in [0.5, 0.6) is 0 Å². The molecule has 1 aliphatic heterocycles. The number of hydrogen-bond acceptors (Lipinski definition) is 5. The van der Waals surface area contributed by atoms with Gasteiger partial charge in [-0.05, 0) is 46.5 Å². The van der Waals surface area contributed by atoms with Crippen LogP contribution in [0.3, 0.4) is 0 Å². The van der Waals surface area contributed by atoms with Crippen molar-refractivity contribution in [3.05, 3.63) is 33.1 Å². The molecule has 0 aliphatic carbocycles. The van der Waals surface area contributed by atoms with Crippen LogP contribution in [0.25, 0.3) is 0 Å². The van der Waals surface area contributed by atoms with Gasteiger partial charge in [-0.2, -0.15) is 0 Å². The van der Waals surface area contributed by atoms with Gasteiger partial charge in [0.05, 0.1) is 11.7 Å². The molecule has 5 nitrogen and oxygen atoms in total. The highest BCUT2D eigenvalue weighted by molar-refractivity contribution is 7.09. The number of aryl methyl sites for hydroxylation is 3. The Morgan fingerprint density at radius 1 is 1.42 bits per heavy atom. The van der Waals surface area contributed by atoms with Crippen molar-refractivity contribution in [2.45, 2.75) is 59.4 Å². The Labute approximate surface area is 147 Å². The van der Waals surface area contributed by atoms with Gasteiger partial charge in [0.15, 0.2) is 0 Å². The molecular weight excluding hydrogens is 322 g/mol. The molecule has 0 aromatic carbocycles. The van der Waals surface area contributed by atoms with Crippen molar-refractivity contribution in [3.63, 3.8) is 0 Å². The molecule has 1 fully saturated rings. The van der Waals surface area contributed by atoms with E-state index in [4.69, 9.17) is 4.52 Å². The maximum Gasteiger partial charge on any atom is 0.226 e.